The Balaban J connectivity index is 1.56. The molecular weight excluding hydrogens is 404 g/mol. The second-order valence-electron chi connectivity index (χ2n) is 8.02. The summed E-state index contributed by atoms with van der Waals surface area (Å²) in [5, 5.41) is 5.20. The van der Waals surface area contributed by atoms with Crippen LogP contribution < -0.4 is 5.32 Å². The summed E-state index contributed by atoms with van der Waals surface area (Å²) in [7, 11) is -3.38. The van der Waals surface area contributed by atoms with Crippen molar-refractivity contribution >= 4 is 27.3 Å². The molecule has 1 aromatic carbocycles. The average molecular weight is 435 g/mol. The Kier molecular flexibility index (Phi) is 7.49. The molecule has 1 unspecified atom stereocenters. The lowest BCUT2D eigenvalue weighted by molar-refractivity contribution is -0.121. The van der Waals surface area contributed by atoms with Crippen molar-refractivity contribution in [1.82, 2.24) is 9.62 Å². The molecule has 1 atom stereocenters. The number of benzene rings is 1. The van der Waals surface area contributed by atoms with Crippen LogP contribution >= 0.6 is 11.3 Å². The Morgan fingerprint density at radius 2 is 1.83 bits per heavy atom. The fourth-order valence-electron chi connectivity index (χ4n) is 3.64. The molecule has 1 amide bonds. The van der Waals surface area contributed by atoms with Crippen molar-refractivity contribution in [2.24, 2.45) is 5.92 Å². The Morgan fingerprint density at radius 3 is 2.41 bits per heavy atom. The van der Waals surface area contributed by atoms with Gasteiger partial charge in [0.2, 0.25) is 15.9 Å². The van der Waals surface area contributed by atoms with Crippen LogP contribution in [0.3, 0.4) is 0 Å². The number of aryl methyl sites for hydroxylation is 1. The van der Waals surface area contributed by atoms with Crippen molar-refractivity contribution in [1.29, 1.82) is 0 Å². The van der Waals surface area contributed by atoms with E-state index in [2.05, 4.69) is 25.2 Å². The molecule has 2 heterocycles. The maximum Gasteiger partial charge on any atom is 0.243 e. The predicted octanol–water partition coefficient (Wildman–Crippen LogP) is 4.37. The zero-order valence-corrected chi connectivity index (χ0v) is 18.8. The summed E-state index contributed by atoms with van der Waals surface area (Å²) in [4.78, 5) is 14.0. The van der Waals surface area contributed by atoms with Crippen LogP contribution in [0.2, 0.25) is 0 Å². The highest BCUT2D eigenvalue weighted by atomic mass is 32.2. The Hall–Kier alpha value is -1.70. The van der Waals surface area contributed by atoms with Gasteiger partial charge in [0, 0.05) is 24.4 Å². The highest BCUT2D eigenvalue weighted by Gasteiger charge is 2.26. The van der Waals surface area contributed by atoms with Gasteiger partial charge in [0.25, 0.3) is 0 Å². The van der Waals surface area contributed by atoms with Crippen LogP contribution in [0, 0.1) is 5.92 Å². The van der Waals surface area contributed by atoms with Gasteiger partial charge >= 0.3 is 0 Å². The first-order valence-corrected chi connectivity index (χ1v) is 12.6. The van der Waals surface area contributed by atoms with E-state index < -0.39 is 10.0 Å². The van der Waals surface area contributed by atoms with Gasteiger partial charge in [0.15, 0.2) is 0 Å². The van der Waals surface area contributed by atoms with Crippen LogP contribution in [0.5, 0.6) is 0 Å². The molecule has 158 valence electrons. The molecule has 1 aliphatic rings. The van der Waals surface area contributed by atoms with Crippen LogP contribution in [0.4, 0.5) is 0 Å². The van der Waals surface area contributed by atoms with E-state index in [0.29, 0.717) is 36.7 Å². The first kappa shape index (κ1) is 22.0. The quantitative estimate of drug-likeness (QED) is 0.637. The molecule has 7 heteroatoms. The lowest BCUT2D eigenvalue weighted by atomic mass is 10.0. The number of sulfonamides is 1. The SMILES string of the molecule is CC(C)CC(NC(=O)CCc1ccc(S(=O)(=O)N2CCCC2)cc1)c1cccs1. The summed E-state index contributed by atoms with van der Waals surface area (Å²) < 4.78 is 26.7. The van der Waals surface area contributed by atoms with Gasteiger partial charge in [-0.05, 0) is 60.7 Å². The van der Waals surface area contributed by atoms with E-state index >= 15 is 0 Å². The van der Waals surface area contributed by atoms with Crippen LogP contribution in [0.15, 0.2) is 46.7 Å². The number of thiophene rings is 1. The fourth-order valence-corrected chi connectivity index (χ4v) is 5.95. The lowest BCUT2D eigenvalue weighted by Gasteiger charge is -2.19. The number of carbonyl (C=O) groups excluding carboxylic acids is 1. The zero-order valence-electron chi connectivity index (χ0n) is 17.1. The molecule has 0 aliphatic carbocycles. The number of carbonyl (C=O) groups is 1. The lowest BCUT2D eigenvalue weighted by Crippen LogP contribution is -2.29. The van der Waals surface area contributed by atoms with Gasteiger partial charge < -0.3 is 5.32 Å². The van der Waals surface area contributed by atoms with Gasteiger partial charge in [0.1, 0.15) is 0 Å². The molecule has 2 aromatic rings. The number of nitrogens with one attached hydrogen (secondary N) is 1. The van der Waals surface area contributed by atoms with E-state index in [1.54, 1.807) is 27.8 Å². The van der Waals surface area contributed by atoms with E-state index in [1.165, 1.54) is 4.88 Å². The standard InChI is InChI=1S/C22H30N2O3S2/c1-17(2)16-20(21-6-5-15-28-21)23-22(25)12-9-18-7-10-19(11-8-18)29(26,27)24-13-3-4-14-24/h5-8,10-11,15,17,20H,3-4,9,12-14,16H2,1-2H3,(H,23,25). The number of rotatable bonds is 9. The molecule has 0 spiro atoms. The van der Waals surface area contributed by atoms with Crippen molar-refractivity contribution in [2.45, 2.75) is 56.9 Å². The van der Waals surface area contributed by atoms with Crippen molar-refractivity contribution in [3.05, 3.63) is 52.2 Å². The topological polar surface area (TPSA) is 66.5 Å². The van der Waals surface area contributed by atoms with E-state index in [0.717, 1.165) is 24.8 Å². The molecule has 0 saturated carbocycles. The number of amides is 1. The largest absolute Gasteiger partial charge is 0.348 e. The second kappa shape index (κ2) is 9.87. The number of hydrogen-bond donors (Lipinski definition) is 1. The van der Waals surface area contributed by atoms with Crippen molar-refractivity contribution in [3.63, 3.8) is 0 Å². The van der Waals surface area contributed by atoms with E-state index in [-0.39, 0.29) is 11.9 Å². The molecule has 0 radical (unpaired) electrons. The molecule has 1 aromatic heterocycles. The monoisotopic (exact) mass is 434 g/mol. The summed E-state index contributed by atoms with van der Waals surface area (Å²) in [6.45, 7) is 5.52. The van der Waals surface area contributed by atoms with Gasteiger partial charge in [-0.15, -0.1) is 11.3 Å². The molecule has 1 aliphatic heterocycles. The van der Waals surface area contributed by atoms with Crippen molar-refractivity contribution in [2.75, 3.05) is 13.1 Å². The van der Waals surface area contributed by atoms with Gasteiger partial charge in [-0.25, -0.2) is 8.42 Å². The minimum atomic E-state index is -3.38. The number of hydrogen-bond acceptors (Lipinski definition) is 4. The van der Waals surface area contributed by atoms with Gasteiger partial charge in [-0.2, -0.15) is 4.31 Å². The van der Waals surface area contributed by atoms with E-state index in [1.807, 2.05) is 23.6 Å². The van der Waals surface area contributed by atoms with Crippen LogP contribution in [-0.2, 0) is 21.2 Å². The Labute approximate surface area is 178 Å². The molecule has 0 bridgehead atoms. The van der Waals surface area contributed by atoms with Crippen LogP contribution in [0.1, 0.15) is 56.0 Å². The molecule has 29 heavy (non-hydrogen) atoms. The highest BCUT2D eigenvalue weighted by molar-refractivity contribution is 7.89. The summed E-state index contributed by atoms with van der Waals surface area (Å²) in [5.74, 6) is 0.519. The van der Waals surface area contributed by atoms with Crippen LogP contribution in [0.25, 0.3) is 0 Å². The molecule has 1 saturated heterocycles. The molecule has 1 N–H and O–H groups in total. The third kappa shape index (κ3) is 5.90. The number of nitrogens with zero attached hydrogens (tertiary/aromatic N) is 1. The first-order chi connectivity index (χ1) is 13.9. The Bertz CT molecular complexity index is 885. The van der Waals surface area contributed by atoms with Crippen LogP contribution in [-0.4, -0.2) is 31.7 Å². The summed E-state index contributed by atoms with van der Waals surface area (Å²) in [6, 6.07) is 11.1. The fraction of sp³-hybridized carbons (Fsp3) is 0.500. The smallest absolute Gasteiger partial charge is 0.243 e. The third-order valence-corrected chi connectivity index (χ3v) is 8.09. The van der Waals surface area contributed by atoms with E-state index in [4.69, 9.17) is 0 Å². The zero-order chi connectivity index (χ0) is 20.9. The minimum absolute atomic E-state index is 0.0258. The summed E-state index contributed by atoms with van der Waals surface area (Å²) >= 11 is 1.67. The van der Waals surface area contributed by atoms with Gasteiger partial charge in [-0.1, -0.05) is 32.0 Å². The van der Waals surface area contributed by atoms with E-state index in [9.17, 15) is 13.2 Å². The Morgan fingerprint density at radius 1 is 1.14 bits per heavy atom. The third-order valence-electron chi connectivity index (χ3n) is 5.20. The summed E-state index contributed by atoms with van der Waals surface area (Å²) in [6.07, 6.45) is 3.74. The second-order valence-corrected chi connectivity index (χ2v) is 10.9. The van der Waals surface area contributed by atoms with Crippen molar-refractivity contribution in [3.8, 4) is 0 Å². The predicted molar refractivity (Wildman–Crippen MR) is 117 cm³/mol. The average Bonchev–Trinajstić information content (AvgIpc) is 3.40. The maximum absolute atomic E-state index is 12.6. The highest BCUT2D eigenvalue weighted by Crippen LogP contribution is 2.26. The molecule has 1 fully saturated rings. The van der Waals surface area contributed by atoms with Crippen molar-refractivity contribution < 1.29 is 13.2 Å². The molecular formula is C22H30N2O3S2. The van der Waals surface area contributed by atoms with Gasteiger partial charge in [-0.3, -0.25) is 4.79 Å². The summed E-state index contributed by atoms with van der Waals surface area (Å²) in [5.41, 5.74) is 0.969. The molecule has 3 rings (SSSR count). The normalized spacial score (nSPS) is 16.2. The minimum Gasteiger partial charge on any atom is -0.348 e. The first-order valence-electron chi connectivity index (χ1n) is 10.3. The molecule has 5 nitrogen and oxygen atoms in total. The van der Waals surface area contributed by atoms with Gasteiger partial charge in [0.05, 0.1) is 10.9 Å². The maximum atomic E-state index is 12.6.